The molecule has 0 saturated carbocycles. The molecule has 0 fully saturated rings. The van der Waals surface area contributed by atoms with Crippen LogP contribution < -0.4 is 9.46 Å². The third-order valence-electron chi connectivity index (χ3n) is 3.54. The van der Waals surface area contributed by atoms with Crippen molar-refractivity contribution in [2.24, 2.45) is 0 Å². The van der Waals surface area contributed by atoms with Crippen LogP contribution in [0.5, 0.6) is 11.8 Å². The summed E-state index contributed by atoms with van der Waals surface area (Å²) in [5, 5.41) is 0. The van der Waals surface area contributed by atoms with Gasteiger partial charge in [-0.15, -0.1) is 0 Å². The van der Waals surface area contributed by atoms with E-state index in [2.05, 4.69) is 14.7 Å². The maximum atomic E-state index is 13.6. The van der Waals surface area contributed by atoms with Crippen molar-refractivity contribution < 1.29 is 17.5 Å². The lowest BCUT2D eigenvalue weighted by Gasteiger charge is -2.11. The number of aromatic nitrogens is 2. The fourth-order valence-electron chi connectivity index (χ4n) is 2.36. The first kappa shape index (κ1) is 17.8. The number of sulfonamides is 1. The lowest BCUT2D eigenvalue weighted by atomic mass is 10.2. The summed E-state index contributed by atoms with van der Waals surface area (Å²) < 4.78 is 46.2. The molecule has 1 heterocycles. The second-order valence-electron chi connectivity index (χ2n) is 5.66. The third kappa shape index (κ3) is 3.97. The second kappa shape index (κ2) is 7.09. The van der Waals surface area contributed by atoms with E-state index in [1.165, 1.54) is 30.6 Å². The zero-order valence-corrected chi connectivity index (χ0v) is 14.9. The Morgan fingerprint density at radius 2 is 1.73 bits per heavy atom. The number of aryl methyl sites for hydroxylation is 2. The van der Waals surface area contributed by atoms with Crippen molar-refractivity contribution in [3.63, 3.8) is 0 Å². The number of benzene rings is 2. The predicted molar refractivity (Wildman–Crippen MR) is 95.2 cm³/mol. The van der Waals surface area contributed by atoms with Crippen LogP contribution in [0.2, 0.25) is 0 Å². The number of halogens is 1. The summed E-state index contributed by atoms with van der Waals surface area (Å²) >= 11 is 0. The molecule has 0 atom stereocenters. The highest BCUT2D eigenvalue weighted by molar-refractivity contribution is 7.92. The molecule has 0 bridgehead atoms. The van der Waals surface area contributed by atoms with Crippen LogP contribution in [0.1, 0.15) is 11.1 Å². The molecule has 0 aliphatic rings. The van der Waals surface area contributed by atoms with Crippen LogP contribution in [-0.2, 0) is 10.0 Å². The Labute approximate surface area is 150 Å². The molecule has 0 spiro atoms. The molecule has 0 aliphatic heterocycles. The first-order chi connectivity index (χ1) is 12.3. The highest BCUT2D eigenvalue weighted by Gasteiger charge is 2.17. The summed E-state index contributed by atoms with van der Waals surface area (Å²) in [7, 11) is -3.77. The Balaban J connectivity index is 1.77. The first-order valence-electron chi connectivity index (χ1n) is 7.70. The topological polar surface area (TPSA) is 81.2 Å². The number of hydrogen-bond acceptors (Lipinski definition) is 5. The van der Waals surface area contributed by atoms with Gasteiger partial charge < -0.3 is 4.74 Å². The van der Waals surface area contributed by atoms with E-state index in [1.807, 2.05) is 6.92 Å². The fourth-order valence-corrected chi connectivity index (χ4v) is 3.61. The summed E-state index contributed by atoms with van der Waals surface area (Å²) in [6.45, 7) is 3.61. The highest BCUT2D eigenvalue weighted by Crippen LogP contribution is 2.23. The van der Waals surface area contributed by atoms with E-state index < -0.39 is 15.8 Å². The smallest absolute Gasteiger partial charge is 0.322 e. The van der Waals surface area contributed by atoms with E-state index in [9.17, 15) is 12.8 Å². The molecule has 0 amide bonds. The summed E-state index contributed by atoms with van der Waals surface area (Å²) in [6.07, 6.45) is 2.51. The van der Waals surface area contributed by atoms with E-state index in [-0.39, 0.29) is 22.3 Å². The minimum absolute atomic E-state index is 0.0175. The Bertz CT molecular complexity index is 1040. The van der Waals surface area contributed by atoms with Gasteiger partial charge in [-0.25, -0.2) is 22.8 Å². The molecule has 0 radical (unpaired) electrons. The summed E-state index contributed by atoms with van der Waals surface area (Å²) in [5.74, 6) is -0.563. The molecule has 0 aliphatic carbocycles. The third-order valence-corrected chi connectivity index (χ3v) is 5.08. The van der Waals surface area contributed by atoms with Crippen molar-refractivity contribution in [3.05, 3.63) is 71.8 Å². The Morgan fingerprint density at radius 1 is 1.04 bits per heavy atom. The van der Waals surface area contributed by atoms with Gasteiger partial charge in [0.2, 0.25) is 0 Å². The van der Waals surface area contributed by atoms with Crippen molar-refractivity contribution in [3.8, 4) is 11.8 Å². The van der Waals surface area contributed by atoms with Gasteiger partial charge in [-0.1, -0.05) is 29.8 Å². The Hall–Kier alpha value is -3.00. The summed E-state index contributed by atoms with van der Waals surface area (Å²) in [6, 6.07) is 10.8. The minimum atomic E-state index is -3.77. The van der Waals surface area contributed by atoms with Crippen molar-refractivity contribution >= 4 is 15.7 Å². The van der Waals surface area contributed by atoms with Gasteiger partial charge in [0.05, 0.1) is 23.0 Å². The largest absolute Gasteiger partial charge is 0.421 e. The van der Waals surface area contributed by atoms with Crippen molar-refractivity contribution in [2.45, 2.75) is 18.7 Å². The van der Waals surface area contributed by atoms with Gasteiger partial charge in [-0.3, -0.25) is 4.72 Å². The Morgan fingerprint density at radius 3 is 2.38 bits per heavy atom. The molecule has 2 aromatic carbocycles. The molecule has 0 unspecified atom stereocenters. The Kier molecular flexibility index (Phi) is 4.85. The van der Waals surface area contributed by atoms with Crippen LogP contribution in [0.3, 0.4) is 0 Å². The molecule has 0 saturated heterocycles. The fraction of sp³-hybridized carbons (Fsp3) is 0.111. The second-order valence-corrected chi connectivity index (χ2v) is 7.31. The van der Waals surface area contributed by atoms with Gasteiger partial charge in [-0.2, -0.15) is 0 Å². The number of para-hydroxylation sites is 1. The summed E-state index contributed by atoms with van der Waals surface area (Å²) in [4.78, 5) is 7.98. The molecular weight excluding hydrogens is 357 g/mol. The molecular formula is C18H16FN3O3S. The van der Waals surface area contributed by atoms with Crippen LogP contribution in [0.15, 0.2) is 59.8 Å². The minimum Gasteiger partial charge on any atom is -0.421 e. The molecule has 1 aromatic heterocycles. The van der Waals surface area contributed by atoms with E-state index >= 15 is 0 Å². The number of rotatable bonds is 5. The molecule has 26 heavy (non-hydrogen) atoms. The van der Waals surface area contributed by atoms with E-state index in [4.69, 9.17) is 4.74 Å². The van der Waals surface area contributed by atoms with Gasteiger partial charge in [0, 0.05) is 0 Å². The number of ether oxygens (including phenoxy) is 1. The van der Waals surface area contributed by atoms with E-state index in [1.54, 1.807) is 31.2 Å². The van der Waals surface area contributed by atoms with Gasteiger partial charge in [0.1, 0.15) is 0 Å². The molecule has 8 heteroatoms. The first-order valence-corrected chi connectivity index (χ1v) is 9.18. The highest BCUT2D eigenvalue weighted by atomic mass is 32.2. The number of nitrogens with zero attached hydrogens (tertiary/aromatic N) is 2. The van der Waals surface area contributed by atoms with Crippen LogP contribution in [0, 0.1) is 19.7 Å². The van der Waals surface area contributed by atoms with Crippen LogP contribution in [0.25, 0.3) is 0 Å². The van der Waals surface area contributed by atoms with Gasteiger partial charge in [0.25, 0.3) is 10.0 Å². The van der Waals surface area contributed by atoms with Crippen molar-refractivity contribution in [1.29, 1.82) is 0 Å². The van der Waals surface area contributed by atoms with E-state index in [0.717, 1.165) is 5.56 Å². The molecule has 1 N–H and O–H groups in total. The van der Waals surface area contributed by atoms with Crippen molar-refractivity contribution in [1.82, 2.24) is 9.97 Å². The van der Waals surface area contributed by atoms with Gasteiger partial charge in [0.15, 0.2) is 11.6 Å². The van der Waals surface area contributed by atoms with Crippen LogP contribution in [0.4, 0.5) is 10.1 Å². The molecule has 3 aromatic rings. The average molecular weight is 373 g/mol. The van der Waals surface area contributed by atoms with Crippen LogP contribution in [-0.4, -0.2) is 18.4 Å². The maximum absolute atomic E-state index is 13.6. The van der Waals surface area contributed by atoms with Gasteiger partial charge in [-0.05, 0) is 37.6 Å². The monoisotopic (exact) mass is 373 g/mol. The number of nitrogens with one attached hydrogen (secondary N) is 1. The number of anilines is 1. The quantitative estimate of drug-likeness (QED) is 0.735. The molecule has 6 nitrogen and oxygen atoms in total. The lowest BCUT2D eigenvalue weighted by molar-refractivity contribution is 0.411. The SMILES string of the molecule is Cc1ccc(S(=O)(=O)Nc2cnc(Oc3ccccc3F)nc2)c(C)c1. The zero-order chi connectivity index (χ0) is 18.7. The molecule has 134 valence electrons. The average Bonchev–Trinajstić information content (AvgIpc) is 2.58. The lowest BCUT2D eigenvalue weighted by Crippen LogP contribution is -2.14. The van der Waals surface area contributed by atoms with E-state index in [0.29, 0.717) is 5.56 Å². The standard InChI is InChI=1S/C18H16FN3O3S/c1-12-7-8-17(13(2)9-12)26(23,24)22-14-10-20-18(21-11-14)25-16-6-4-3-5-15(16)19/h3-11,22H,1-2H3. The molecule has 3 rings (SSSR count). The van der Waals surface area contributed by atoms with Crippen LogP contribution >= 0.6 is 0 Å². The zero-order valence-electron chi connectivity index (χ0n) is 14.1. The maximum Gasteiger partial charge on any atom is 0.322 e. The predicted octanol–water partition coefficient (Wildman–Crippen LogP) is 3.83. The summed E-state index contributed by atoms with van der Waals surface area (Å²) in [5.41, 5.74) is 1.78. The van der Waals surface area contributed by atoms with Crippen molar-refractivity contribution in [2.75, 3.05) is 4.72 Å². The normalized spacial score (nSPS) is 11.2. The van der Waals surface area contributed by atoms with Gasteiger partial charge >= 0.3 is 6.01 Å². The number of hydrogen-bond donors (Lipinski definition) is 1.